The van der Waals surface area contributed by atoms with Crippen molar-refractivity contribution in [1.82, 2.24) is 0 Å². The van der Waals surface area contributed by atoms with Crippen LogP contribution in [0.3, 0.4) is 0 Å². The van der Waals surface area contributed by atoms with Crippen molar-refractivity contribution in [2.75, 3.05) is 4.90 Å². The average molecular weight is 289 g/mol. The number of rotatable bonds is 1. The van der Waals surface area contributed by atoms with Crippen LogP contribution in [0.5, 0.6) is 0 Å². The maximum absolute atomic E-state index is 12.7. The van der Waals surface area contributed by atoms with E-state index >= 15 is 0 Å². The number of aryl methyl sites for hydroxylation is 2. The fourth-order valence-electron chi connectivity index (χ4n) is 3.70. The Morgan fingerprint density at radius 3 is 2.30 bits per heavy atom. The molecule has 1 atom stereocenters. The van der Waals surface area contributed by atoms with E-state index in [9.17, 15) is 4.79 Å². The van der Waals surface area contributed by atoms with E-state index in [-0.39, 0.29) is 10.1 Å². The van der Waals surface area contributed by atoms with E-state index < -0.39 is 0 Å². The molecule has 0 unspecified atom stereocenters. The van der Waals surface area contributed by atoms with Gasteiger partial charge in [0.05, 0.1) is 10.1 Å². The predicted octanol–water partition coefficient (Wildman–Crippen LogP) is 4.43. The maximum Gasteiger partial charge on any atom is 0.241 e. The monoisotopic (exact) mass is 289 g/mol. The molecule has 1 heterocycles. The molecule has 3 heteroatoms. The van der Waals surface area contributed by atoms with Crippen LogP contribution in [-0.2, 0) is 4.79 Å². The standard InChI is InChI=1S/C17H23NOS/c1-12-9-13(2)11-15(10-12)18-16(19)14(3)20-17(18)7-5-4-6-8-17/h9-11,14H,4-8H2,1-3H3/t14-/m1/s1. The highest BCUT2D eigenvalue weighted by atomic mass is 32.2. The van der Waals surface area contributed by atoms with Gasteiger partial charge in [0.15, 0.2) is 0 Å². The Hall–Kier alpha value is -0.960. The molecule has 0 bridgehead atoms. The number of hydrogen-bond donors (Lipinski definition) is 0. The predicted molar refractivity (Wildman–Crippen MR) is 86.3 cm³/mol. The minimum Gasteiger partial charge on any atom is -0.296 e. The smallest absolute Gasteiger partial charge is 0.241 e. The zero-order valence-electron chi connectivity index (χ0n) is 12.6. The van der Waals surface area contributed by atoms with Gasteiger partial charge in [0, 0.05) is 5.69 Å². The zero-order valence-corrected chi connectivity index (χ0v) is 13.4. The van der Waals surface area contributed by atoms with Gasteiger partial charge in [-0.1, -0.05) is 25.3 Å². The molecule has 1 saturated heterocycles. The van der Waals surface area contributed by atoms with Crippen molar-refractivity contribution in [1.29, 1.82) is 0 Å². The average Bonchev–Trinajstić information content (AvgIpc) is 2.60. The summed E-state index contributed by atoms with van der Waals surface area (Å²) in [6, 6.07) is 6.51. The molecule has 1 amide bonds. The summed E-state index contributed by atoms with van der Waals surface area (Å²) < 4.78 is 0. The fourth-order valence-corrected chi connectivity index (χ4v) is 5.39. The third kappa shape index (κ3) is 2.26. The summed E-state index contributed by atoms with van der Waals surface area (Å²) in [5.41, 5.74) is 3.58. The molecular formula is C17H23NOS. The summed E-state index contributed by atoms with van der Waals surface area (Å²) >= 11 is 1.89. The second-order valence-electron chi connectivity index (χ2n) is 6.29. The lowest BCUT2D eigenvalue weighted by atomic mass is 9.92. The maximum atomic E-state index is 12.7. The third-order valence-corrected chi connectivity index (χ3v) is 6.06. The van der Waals surface area contributed by atoms with Crippen LogP contribution < -0.4 is 4.90 Å². The zero-order chi connectivity index (χ0) is 14.3. The van der Waals surface area contributed by atoms with E-state index in [1.54, 1.807) is 0 Å². The van der Waals surface area contributed by atoms with Gasteiger partial charge in [-0.2, -0.15) is 0 Å². The quantitative estimate of drug-likeness (QED) is 0.762. The van der Waals surface area contributed by atoms with E-state index in [0.29, 0.717) is 5.91 Å². The summed E-state index contributed by atoms with van der Waals surface area (Å²) in [5.74, 6) is 0.293. The highest BCUT2D eigenvalue weighted by Gasteiger charge is 2.50. The molecular weight excluding hydrogens is 266 g/mol. The summed E-state index contributed by atoms with van der Waals surface area (Å²) in [4.78, 5) is 14.9. The molecule has 20 heavy (non-hydrogen) atoms. The van der Waals surface area contributed by atoms with Gasteiger partial charge in [-0.25, -0.2) is 0 Å². The lowest BCUT2D eigenvalue weighted by molar-refractivity contribution is -0.117. The van der Waals surface area contributed by atoms with Crippen LogP contribution in [0.4, 0.5) is 5.69 Å². The summed E-state index contributed by atoms with van der Waals surface area (Å²) in [7, 11) is 0. The number of anilines is 1. The normalized spacial score (nSPS) is 25.4. The topological polar surface area (TPSA) is 20.3 Å². The Morgan fingerprint density at radius 2 is 1.70 bits per heavy atom. The minimum absolute atomic E-state index is 0.0228. The molecule has 0 radical (unpaired) electrons. The van der Waals surface area contributed by atoms with Gasteiger partial charge < -0.3 is 0 Å². The molecule has 0 aromatic heterocycles. The first-order valence-corrected chi connectivity index (χ1v) is 8.50. The largest absolute Gasteiger partial charge is 0.296 e. The number of hydrogen-bond acceptors (Lipinski definition) is 2. The van der Waals surface area contributed by atoms with Crippen molar-refractivity contribution in [3.63, 3.8) is 0 Å². The second-order valence-corrected chi connectivity index (χ2v) is 7.99. The number of thioether (sulfide) groups is 1. The lowest BCUT2D eigenvalue weighted by Crippen LogP contribution is -2.46. The first-order chi connectivity index (χ1) is 9.52. The first kappa shape index (κ1) is 14.0. The molecule has 2 fully saturated rings. The van der Waals surface area contributed by atoms with Gasteiger partial charge >= 0.3 is 0 Å². The summed E-state index contributed by atoms with van der Waals surface area (Å²) in [6.07, 6.45) is 6.08. The molecule has 108 valence electrons. The van der Waals surface area contributed by atoms with Crippen LogP contribution in [0.15, 0.2) is 18.2 Å². The number of carbonyl (C=O) groups is 1. The molecule has 0 N–H and O–H groups in total. The van der Waals surface area contributed by atoms with E-state index in [0.717, 1.165) is 18.5 Å². The van der Waals surface area contributed by atoms with E-state index in [1.807, 2.05) is 11.8 Å². The highest BCUT2D eigenvalue weighted by Crippen LogP contribution is 2.51. The SMILES string of the molecule is Cc1cc(C)cc(N2C(=O)[C@@H](C)SC23CCCCC3)c1. The Bertz CT molecular complexity index is 514. The highest BCUT2D eigenvalue weighted by molar-refractivity contribution is 8.02. The minimum atomic E-state index is 0.0228. The van der Waals surface area contributed by atoms with Crippen LogP contribution in [0.2, 0.25) is 0 Å². The molecule has 1 spiro atoms. The molecule has 1 aliphatic carbocycles. The van der Waals surface area contributed by atoms with Crippen molar-refractivity contribution in [2.24, 2.45) is 0 Å². The van der Waals surface area contributed by atoms with Crippen LogP contribution in [0.25, 0.3) is 0 Å². The van der Waals surface area contributed by atoms with Crippen LogP contribution >= 0.6 is 11.8 Å². The number of amides is 1. The fraction of sp³-hybridized carbons (Fsp3) is 0.588. The lowest BCUT2D eigenvalue weighted by Gasteiger charge is -2.40. The summed E-state index contributed by atoms with van der Waals surface area (Å²) in [6.45, 7) is 6.29. The molecule has 1 aliphatic heterocycles. The first-order valence-electron chi connectivity index (χ1n) is 7.62. The molecule has 2 aliphatic rings. The Balaban J connectivity index is 2.05. The van der Waals surface area contributed by atoms with Crippen molar-refractivity contribution < 1.29 is 4.79 Å². The second kappa shape index (κ2) is 5.10. The van der Waals surface area contributed by atoms with Gasteiger partial charge in [-0.3, -0.25) is 9.69 Å². The van der Waals surface area contributed by atoms with Crippen molar-refractivity contribution in [3.05, 3.63) is 29.3 Å². The molecule has 1 aromatic carbocycles. The van der Waals surface area contributed by atoms with E-state index in [2.05, 4.69) is 43.9 Å². The van der Waals surface area contributed by atoms with Crippen molar-refractivity contribution in [3.8, 4) is 0 Å². The van der Waals surface area contributed by atoms with Crippen LogP contribution in [-0.4, -0.2) is 16.0 Å². The van der Waals surface area contributed by atoms with Gasteiger partial charge in [0.1, 0.15) is 0 Å². The van der Waals surface area contributed by atoms with Crippen molar-refractivity contribution >= 4 is 23.4 Å². The number of carbonyl (C=O) groups excluding carboxylic acids is 1. The van der Waals surface area contributed by atoms with Gasteiger partial charge in [-0.05, 0) is 56.9 Å². The van der Waals surface area contributed by atoms with E-state index in [1.165, 1.54) is 30.4 Å². The van der Waals surface area contributed by atoms with Gasteiger partial charge in [0.25, 0.3) is 0 Å². The Morgan fingerprint density at radius 1 is 1.10 bits per heavy atom. The van der Waals surface area contributed by atoms with Crippen LogP contribution in [0, 0.1) is 13.8 Å². The molecule has 1 saturated carbocycles. The van der Waals surface area contributed by atoms with Crippen molar-refractivity contribution in [2.45, 2.75) is 63.0 Å². The van der Waals surface area contributed by atoms with Crippen LogP contribution in [0.1, 0.15) is 50.2 Å². The number of benzene rings is 1. The molecule has 1 aromatic rings. The third-order valence-electron chi connectivity index (χ3n) is 4.47. The molecule has 2 nitrogen and oxygen atoms in total. The molecule has 3 rings (SSSR count). The Labute approximate surface area is 125 Å². The summed E-state index contributed by atoms with van der Waals surface area (Å²) in [5, 5.41) is 0.0916. The van der Waals surface area contributed by atoms with Gasteiger partial charge in [-0.15, -0.1) is 11.8 Å². The van der Waals surface area contributed by atoms with E-state index in [4.69, 9.17) is 0 Å². The number of nitrogens with zero attached hydrogens (tertiary/aromatic N) is 1. The van der Waals surface area contributed by atoms with Gasteiger partial charge in [0.2, 0.25) is 5.91 Å². The Kier molecular flexibility index (Phi) is 3.57.